The number of fused-ring (bicyclic) bond motifs is 1. The zero-order valence-corrected chi connectivity index (χ0v) is 36.2. The highest BCUT2D eigenvalue weighted by atomic mass is 28.4. The summed E-state index contributed by atoms with van der Waals surface area (Å²) in [6, 6.07) is 0. The number of hydrogen-bond acceptors (Lipinski definition) is 5. The van der Waals surface area contributed by atoms with Crippen LogP contribution in [0.1, 0.15) is 140 Å². The monoisotopic (exact) mass is 715 g/mol. The number of carbonyl (C=O) groups is 1. The maximum atomic E-state index is 13.4. The van der Waals surface area contributed by atoms with Crippen molar-refractivity contribution in [2.45, 2.75) is 194 Å². The van der Waals surface area contributed by atoms with Crippen molar-refractivity contribution in [3.05, 3.63) is 47.1 Å². The molecule has 7 heteroatoms. The zero-order valence-electron chi connectivity index (χ0n) is 34.2. The first kappa shape index (κ1) is 42.2. The van der Waals surface area contributed by atoms with Crippen LogP contribution in [-0.2, 0) is 23.1 Å². The largest absolute Gasteiger partial charge is 0.461 e. The maximum Gasteiger partial charge on any atom is 0.332 e. The Bertz CT molecular complexity index is 1260. The van der Waals surface area contributed by atoms with Gasteiger partial charge >= 0.3 is 5.97 Å². The lowest BCUT2D eigenvalue weighted by molar-refractivity contribution is -0.217. The van der Waals surface area contributed by atoms with Gasteiger partial charge in [-0.05, 0) is 104 Å². The highest BCUT2D eigenvalue weighted by Crippen LogP contribution is 2.56. The second kappa shape index (κ2) is 16.2. The van der Waals surface area contributed by atoms with Gasteiger partial charge in [-0.3, -0.25) is 0 Å². The highest BCUT2D eigenvalue weighted by molar-refractivity contribution is 6.74. The number of ether oxygens (including phenoxy) is 2. The van der Waals surface area contributed by atoms with E-state index in [2.05, 4.69) is 114 Å². The molecule has 0 radical (unpaired) electrons. The van der Waals surface area contributed by atoms with Crippen molar-refractivity contribution in [2.24, 2.45) is 11.3 Å². The van der Waals surface area contributed by atoms with Gasteiger partial charge < -0.3 is 18.3 Å². The van der Waals surface area contributed by atoms with Crippen molar-refractivity contribution in [3.63, 3.8) is 0 Å². The second-order valence-corrected chi connectivity index (χ2v) is 28.1. The molecule has 2 saturated carbocycles. The summed E-state index contributed by atoms with van der Waals surface area (Å²) in [5.74, 6) is -0.787. The third-order valence-electron chi connectivity index (χ3n) is 12.8. The summed E-state index contributed by atoms with van der Waals surface area (Å²) in [5, 5.41) is -0.0247. The van der Waals surface area contributed by atoms with E-state index in [1.54, 1.807) is 11.1 Å². The topological polar surface area (TPSA) is 54.0 Å². The minimum atomic E-state index is -2.37. The number of allylic oxidation sites excluding steroid dienone is 5. The van der Waals surface area contributed by atoms with E-state index in [1.807, 2.05) is 0 Å². The Morgan fingerprint density at radius 3 is 2.16 bits per heavy atom. The molecule has 0 heterocycles. The summed E-state index contributed by atoms with van der Waals surface area (Å²) in [4.78, 5) is 13.4. The number of esters is 1. The number of hydrogen-bond donors (Lipinski definition) is 0. The van der Waals surface area contributed by atoms with Crippen molar-refractivity contribution >= 4 is 22.6 Å². The van der Waals surface area contributed by atoms with Crippen molar-refractivity contribution in [1.82, 2.24) is 0 Å². The van der Waals surface area contributed by atoms with Crippen LogP contribution in [0.25, 0.3) is 0 Å². The highest BCUT2D eigenvalue weighted by Gasteiger charge is 2.52. The lowest BCUT2D eigenvalue weighted by Crippen LogP contribution is -2.56. The normalized spacial score (nSPS) is 28.7. The molecule has 3 rings (SSSR count). The third-order valence-corrected chi connectivity index (χ3v) is 21.8. The van der Waals surface area contributed by atoms with Crippen molar-refractivity contribution in [2.75, 3.05) is 6.61 Å². The van der Waals surface area contributed by atoms with Crippen LogP contribution in [0.2, 0.25) is 36.3 Å². The Morgan fingerprint density at radius 2 is 1.61 bits per heavy atom. The minimum absolute atomic E-state index is 0.0246. The van der Waals surface area contributed by atoms with E-state index in [0.29, 0.717) is 18.8 Å². The first-order valence-corrected chi connectivity index (χ1v) is 25.4. The van der Waals surface area contributed by atoms with E-state index in [0.717, 1.165) is 56.1 Å². The molecule has 0 unspecified atom stereocenters. The summed E-state index contributed by atoms with van der Waals surface area (Å²) in [5.41, 5.74) is 5.56. The molecular weight excluding hydrogens is 641 g/mol. The lowest BCUT2D eigenvalue weighted by atomic mass is 9.64. The standard InChI is InChI=1S/C42H74O5Si2/c1-16-20-35(21-17-2)45-38(43)30-44-42(47-49(14,15)40(8,9)10)28-33(31(4)37(29-42)46-48(12,13)39(5,6)7)24-23-32-22-19-27-41(11)34(18-3)25-26-36(32)41/h23-25,35-37H,4,16-22,26-30H2,1-3,5-15H3/t36-,37-,41+,42+/m0/s1. The molecule has 0 N–H and O–H groups in total. The summed E-state index contributed by atoms with van der Waals surface area (Å²) in [6.07, 6.45) is 17.5. The quantitative estimate of drug-likeness (QED) is 0.0776. The van der Waals surface area contributed by atoms with Gasteiger partial charge in [-0.1, -0.05) is 118 Å². The molecule has 5 nitrogen and oxygen atoms in total. The average molecular weight is 715 g/mol. The second-order valence-electron chi connectivity index (χ2n) is 18.6. The molecule has 0 aromatic heterocycles. The van der Waals surface area contributed by atoms with E-state index in [9.17, 15) is 4.79 Å². The van der Waals surface area contributed by atoms with Gasteiger partial charge in [0.15, 0.2) is 22.4 Å². The summed E-state index contributed by atoms with van der Waals surface area (Å²) < 4.78 is 27.3. The van der Waals surface area contributed by atoms with Crippen LogP contribution in [-0.4, -0.2) is 47.2 Å². The summed E-state index contributed by atoms with van der Waals surface area (Å²) >= 11 is 0. The molecule has 0 spiro atoms. The summed E-state index contributed by atoms with van der Waals surface area (Å²) in [7, 11) is -4.57. The fourth-order valence-electron chi connectivity index (χ4n) is 7.71. The number of carbonyl (C=O) groups excluding carboxylic acids is 1. The predicted molar refractivity (Wildman–Crippen MR) is 212 cm³/mol. The number of rotatable bonds is 14. The van der Waals surface area contributed by atoms with E-state index < -0.39 is 22.4 Å². The van der Waals surface area contributed by atoms with Gasteiger partial charge in [-0.25, -0.2) is 4.79 Å². The van der Waals surface area contributed by atoms with Crippen molar-refractivity contribution in [1.29, 1.82) is 0 Å². The van der Waals surface area contributed by atoms with Crippen LogP contribution in [0.15, 0.2) is 47.1 Å². The fraction of sp³-hybridized carbons (Fsp3) is 0.786. The first-order valence-electron chi connectivity index (χ1n) is 19.5. The van der Waals surface area contributed by atoms with Gasteiger partial charge in [-0.15, -0.1) is 0 Å². The van der Waals surface area contributed by atoms with Crippen LogP contribution in [0.3, 0.4) is 0 Å². The Morgan fingerprint density at radius 1 is 1.00 bits per heavy atom. The lowest BCUT2D eigenvalue weighted by Gasteiger charge is -2.51. The molecule has 2 fully saturated rings. The molecular formula is C42H74O5Si2. The van der Waals surface area contributed by atoms with E-state index >= 15 is 0 Å². The molecule has 0 saturated heterocycles. The molecule has 0 aliphatic heterocycles. The Balaban J connectivity index is 2.08. The molecule has 0 aromatic carbocycles. The molecule has 3 aliphatic rings. The minimum Gasteiger partial charge on any atom is -0.461 e. The Labute approximate surface area is 304 Å². The van der Waals surface area contributed by atoms with Crippen LogP contribution < -0.4 is 0 Å². The van der Waals surface area contributed by atoms with Gasteiger partial charge in [0.25, 0.3) is 0 Å². The van der Waals surface area contributed by atoms with Gasteiger partial charge in [0, 0.05) is 12.8 Å². The molecule has 4 atom stereocenters. The molecule has 0 amide bonds. The molecule has 280 valence electrons. The van der Waals surface area contributed by atoms with Gasteiger partial charge in [-0.2, -0.15) is 0 Å². The van der Waals surface area contributed by atoms with Crippen LogP contribution in [0, 0.1) is 11.3 Å². The van der Waals surface area contributed by atoms with Gasteiger partial charge in [0.05, 0.1) is 6.10 Å². The van der Waals surface area contributed by atoms with E-state index in [4.69, 9.17) is 24.9 Å². The van der Waals surface area contributed by atoms with E-state index in [1.165, 1.54) is 12.8 Å². The third kappa shape index (κ3) is 10.00. The van der Waals surface area contributed by atoms with E-state index in [-0.39, 0.29) is 40.3 Å². The Hall–Kier alpha value is -1.26. The zero-order chi connectivity index (χ0) is 37.1. The van der Waals surface area contributed by atoms with Crippen LogP contribution in [0.4, 0.5) is 0 Å². The van der Waals surface area contributed by atoms with Crippen LogP contribution >= 0.6 is 0 Å². The van der Waals surface area contributed by atoms with Gasteiger partial charge in [0.2, 0.25) is 0 Å². The molecule has 3 aliphatic carbocycles. The average Bonchev–Trinajstić information content (AvgIpc) is 3.32. The van der Waals surface area contributed by atoms with Crippen LogP contribution in [0.5, 0.6) is 0 Å². The predicted octanol–water partition coefficient (Wildman–Crippen LogP) is 12.4. The first-order chi connectivity index (χ1) is 22.5. The van der Waals surface area contributed by atoms with Gasteiger partial charge in [0.1, 0.15) is 12.7 Å². The summed E-state index contributed by atoms with van der Waals surface area (Å²) in [6.45, 7) is 36.4. The SMILES string of the molecule is C=C1C(=CC=C2CCC[C@]3(C)C(CC)=CC[C@@H]23)C[C@@](OCC(=O)OC(CCC)CCC)(O[Si](C)(C)C(C)(C)C)C[C@@H]1O[Si](C)(C)C(C)(C)C. The fourth-order valence-corrected chi connectivity index (χ4v) is 10.5. The van der Waals surface area contributed by atoms with Crippen molar-refractivity contribution in [3.8, 4) is 0 Å². The Kier molecular flexibility index (Phi) is 13.9. The molecule has 0 bridgehead atoms. The smallest absolute Gasteiger partial charge is 0.332 e. The maximum absolute atomic E-state index is 13.4. The van der Waals surface area contributed by atoms with Crippen molar-refractivity contribution < 1.29 is 23.1 Å². The molecule has 49 heavy (non-hydrogen) atoms. The molecule has 0 aromatic rings.